The summed E-state index contributed by atoms with van der Waals surface area (Å²) < 4.78 is 0. The van der Waals surface area contributed by atoms with Crippen LogP contribution in [0.5, 0.6) is 0 Å². The van der Waals surface area contributed by atoms with Crippen LogP contribution in [0, 0.1) is 28.6 Å². The van der Waals surface area contributed by atoms with E-state index in [9.17, 15) is 20.0 Å². The summed E-state index contributed by atoms with van der Waals surface area (Å²) in [5.41, 5.74) is 2.88. The van der Waals surface area contributed by atoms with E-state index < -0.39 is 11.4 Å². The minimum Gasteiger partial charge on any atom is -0.478 e. The van der Waals surface area contributed by atoms with Gasteiger partial charge in [-0.05, 0) is 65.5 Å². The zero-order chi connectivity index (χ0) is 23.4. The summed E-state index contributed by atoms with van der Waals surface area (Å²) in [5.74, 6) is -0.420. The number of rotatable bonds is 5. The number of allylic oxidation sites excluding steroid dienone is 4. The summed E-state index contributed by atoms with van der Waals surface area (Å²) >= 11 is 0. The molecule has 3 aliphatic rings. The largest absolute Gasteiger partial charge is 0.478 e. The lowest BCUT2D eigenvalue weighted by Gasteiger charge is -2.33. The van der Waals surface area contributed by atoms with E-state index in [2.05, 4.69) is 32.1 Å². The van der Waals surface area contributed by atoms with Crippen LogP contribution in [0.4, 0.5) is 5.69 Å². The van der Waals surface area contributed by atoms with Crippen LogP contribution in [0.3, 0.4) is 0 Å². The Hall–Kier alpha value is -3.65. The molecule has 5 heteroatoms. The number of anilines is 1. The Balaban J connectivity index is 1.55. The number of benzene rings is 2. The lowest BCUT2D eigenvalue weighted by Crippen LogP contribution is -2.39. The molecule has 1 saturated carbocycles. The van der Waals surface area contributed by atoms with Crippen molar-refractivity contribution in [2.75, 3.05) is 4.90 Å². The third-order valence-electron chi connectivity index (χ3n) is 7.93. The first-order valence-corrected chi connectivity index (χ1v) is 11.4. The molecule has 1 spiro atoms. The molecule has 1 fully saturated rings. The van der Waals surface area contributed by atoms with Crippen LogP contribution >= 0.6 is 0 Å². The highest BCUT2D eigenvalue weighted by atomic mass is 16.4. The molecule has 1 N–H and O–H groups in total. The van der Waals surface area contributed by atoms with Gasteiger partial charge in [0.1, 0.15) is 0 Å². The van der Waals surface area contributed by atoms with Gasteiger partial charge in [-0.15, -0.1) is 0 Å². The SMILES string of the molecule is CC(C)[C@]1(C2C=CC(C#N)=CC2)C[C@]12C(=O)N(Cc1cccc(C(=O)O)c1)c1ccccc12. The standard InChI is InChI=1S/C28H26N2O3/c1-18(2)27(22-12-10-19(15-29)11-13-22)17-28(27)23-8-3-4-9-24(23)30(26(28)33)16-20-6-5-7-21(14-20)25(31)32/h3-12,14,18,22H,13,16-17H2,1-2H3,(H,31,32)/t22?,27-,28-/m0/s1. The van der Waals surface area contributed by atoms with Gasteiger partial charge >= 0.3 is 5.97 Å². The van der Waals surface area contributed by atoms with Crippen LogP contribution in [-0.4, -0.2) is 17.0 Å². The van der Waals surface area contributed by atoms with Gasteiger partial charge in [-0.1, -0.05) is 56.3 Å². The Labute approximate surface area is 193 Å². The molecule has 5 rings (SSSR count). The van der Waals surface area contributed by atoms with Crippen LogP contribution in [0.1, 0.15) is 48.2 Å². The van der Waals surface area contributed by atoms with Gasteiger partial charge in [0.05, 0.1) is 23.6 Å². The second-order valence-electron chi connectivity index (χ2n) is 9.66. The smallest absolute Gasteiger partial charge is 0.335 e. The summed E-state index contributed by atoms with van der Waals surface area (Å²) in [7, 11) is 0. The van der Waals surface area contributed by atoms with Gasteiger partial charge in [-0.3, -0.25) is 4.79 Å². The zero-order valence-corrected chi connectivity index (χ0v) is 18.8. The average molecular weight is 439 g/mol. The highest BCUT2D eigenvalue weighted by molar-refractivity contribution is 6.11. The van der Waals surface area contributed by atoms with E-state index in [-0.39, 0.29) is 28.7 Å². The number of carboxylic acids is 1. The number of carboxylic acid groups (broad SMARTS) is 1. The van der Waals surface area contributed by atoms with Crippen LogP contribution < -0.4 is 4.90 Å². The van der Waals surface area contributed by atoms with Crippen molar-refractivity contribution in [3.63, 3.8) is 0 Å². The number of hydrogen-bond donors (Lipinski definition) is 1. The van der Waals surface area contributed by atoms with Crippen molar-refractivity contribution in [3.8, 4) is 6.07 Å². The van der Waals surface area contributed by atoms with Gasteiger partial charge in [0.2, 0.25) is 5.91 Å². The lowest BCUT2D eigenvalue weighted by molar-refractivity contribution is -0.121. The topological polar surface area (TPSA) is 81.4 Å². The zero-order valence-electron chi connectivity index (χ0n) is 18.8. The second kappa shape index (κ2) is 7.45. The Morgan fingerprint density at radius 2 is 2.03 bits per heavy atom. The number of hydrogen-bond acceptors (Lipinski definition) is 3. The second-order valence-corrected chi connectivity index (χ2v) is 9.66. The average Bonchev–Trinajstić information content (AvgIpc) is 3.49. The van der Waals surface area contributed by atoms with Gasteiger partial charge in [0.15, 0.2) is 0 Å². The van der Waals surface area contributed by atoms with Crippen LogP contribution in [0.15, 0.2) is 72.3 Å². The Morgan fingerprint density at radius 3 is 2.70 bits per heavy atom. The predicted octanol–water partition coefficient (Wildman–Crippen LogP) is 5.24. The van der Waals surface area contributed by atoms with E-state index in [1.165, 1.54) is 0 Å². The van der Waals surface area contributed by atoms with Crippen molar-refractivity contribution in [1.82, 2.24) is 0 Å². The van der Waals surface area contributed by atoms with Gasteiger partial charge in [-0.2, -0.15) is 5.26 Å². The molecule has 2 aromatic rings. The van der Waals surface area contributed by atoms with E-state index in [4.69, 9.17) is 0 Å². The Morgan fingerprint density at radius 1 is 1.24 bits per heavy atom. The lowest BCUT2D eigenvalue weighted by atomic mass is 9.69. The van der Waals surface area contributed by atoms with E-state index in [1.54, 1.807) is 18.2 Å². The third-order valence-corrected chi connectivity index (χ3v) is 7.93. The maximum absolute atomic E-state index is 14.2. The molecule has 0 radical (unpaired) electrons. The van der Waals surface area contributed by atoms with Gasteiger partial charge in [-0.25, -0.2) is 4.79 Å². The van der Waals surface area contributed by atoms with E-state index >= 15 is 0 Å². The number of aromatic carboxylic acids is 1. The van der Waals surface area contributed by atoms with Crippen molar-refractivity contribution in [3.05, 3.63) is 89.0 Å². The Bertz CT molecular complexity index is 1270. The fraction of sp³-hybridized carbons (Fsp3) is 0.321. The van der Waals surface area contributed by atoms with Crippen LogP contribution in [-0.2, 0) is 16.8 Å². The molecule has 0 saturated heterocycles. The highest BCUT2D eigenvalue weighted by Gasteiger charge is 2.78. The molecule has 0 aromatic heterocycles. The van der Waals surface area contributed by atoms with Gasteiger partial charge in [0.25, 0.3) is 0 Å². The first-order chi connectivity index (χ1) is 15.8. The summed E-state index contributed by atoms with van der Waals surface area (Å²) in [5, 5.41) is 18.6. The molecular weight excluding hydrogens is 412 g/mol. The monoisotopic (exact) mass is 438 g/mol. The molecule has 1 heterocycles. The van der Waals surface area contributed by atoms with E-state index in [0.29, 0.717) is 12.1 Å². The molecule has 2 aromatic carbocycles. The normalized spacial score (nSPS) is 27.5. The van der Waals surface area contributed by atoms with Crippen LogP contribution in [0.25, 0.3) is 0 Å². The number of amides is 1. The molecule has 2 aliphatic carbocycles. The minimum atomic E-state index is -0.976. The van der Waals surface area contributed by atoms with Crippen molar-refractivity contribution in [2.45, 2.75) is 38.6 Å². The Kier molecular flexibility index (Phi) is 4.79. The van der Waals surface area contributed by atoms with Crippen molar-refractivity contribution in [2.24, 2.45) is 17.3 Å². The summed E-state index contributed by atoms with van der Waals surface area (Å²) in [6.45, 7) is 4.73. The number of carbonyl (C=O) groups is 2. The van der Waals surface area contributed by atoms with Crippen molar-refractivity contribution in [1.29, 1.82) is 5.26 Å². The molecule has 1 aliphatic heterocycles. The molecule has 5 nitrogen and oxygen atoms in total. The fourth-order valence-electron chi connectivity index (χ4n) is 6.34. The van der Waals surface area contributed by atoms with Crippen molar-refractivity contribution >= 4 is 17.6 Å². The summed E-state index contributed by atoms with van der Waals surface area (Å²) in [4.78, 5) is 27.4. The van der Waals surface area contributed by atoms with E-state index in [0.717, 1.165) is 29.7 Å². The van der Waals surface area contributed by atoms with Gasteiger partial charge < -0.3 is 10.0 Å². The highest BCUT2D eigenvalue weighted by Crippen LogP contribution is 2.76. The molecule has 0 bridgehead atoms. The molecule has 1 unspecified atom stereocenters. The fourth-order valence-corrected chi connectivity index (χ4v) is 6.34. The first-order valence-electron chi connectivity index (χ1n) is 11.4. The quantitative estimate of drug-likeness (QED) is 0.692. The number of nitriles is 1. The number of nitrogens with zero attached hydrogens (tertiary/aromatic N) is 2. The third kappa shape index (κ3) is 2.90. The van der Waals surface area contributed by atoms with Crippen LogP contribution in [0.2, 0.25) is 0 Å². The molecule has 3 atom stereocenters. The number of para-hydroxylation sites is 1. The molecule has 166 valence electrons. The van der Waals surface area contributed by atoms with Crippen molar-refractivity contribution < 1.29 is 14.7 Å². The van der Waals surface area contributed by atoms with Gasteiger partial charge in [0, 0.05) is 11.3 Å². The maximum atomic E-state index is 14.2. The maximum Gasteiger partial charge on any atom is 0.335 e. The summed E-state index contributed by atoms with van der Waals surface area (Å²) in [6.07, 6.45) is 7.55. The summed E-state index contributed by atoms with van der Waals surface area (Å²) in [6, 6.07) is 17.0. The first kappa shape index (κ1) is 21.2. The molecular formula is C28H26N2O3. The number of fused-ring (bicyclic) bond motifs is 2. The molecule has 33 heavy (non-hydrogen) atoms. The number of carbonyl (C=O) groups excluding carboxylic acids is 1. The minimum absolute atomic E-state index is 0.0987. The predicted molar refractivity (Wildman–Crippen MR) is 126 cm³/mol. The molecule has 1 amide bonds. The van der Waals surface area contributed by atoms with E-state index in [1.807, 2.05) is 41.3 Å².